The molecule has 0 bridgehead atoms. The lowest BCUT2D eigenvalue weighted by Crippen LogP contribution is -2.32. The molecule has 0 aliphatic heterocycles. The first-order chi connectivity index (χ1) is 16.1. The lowest BCUT2D eigenvalue weighted by molar-refractivity contribution is 0.0743. The number of hydrogen-bond donors (Lipinski definition) is 0. The lowest BCUT2D eigenvalue weighted by atomic mass is 10.1. The van der Waals surface area contributed by atoms with Crippen LogP contribution in [0.15, 0.2) is 71.2 Å². The van der Waals surface area contributed by atoms with Crippen molar-refractivity contribution in [3.05, 3.63) is 81.6 Å². The maximum Gasteiger partial charge on any atom is 0.265 e. The van der Waals surface area contributed by atoms with E-state index in [0.717, 1.165) is 58.5 Å². The molecule has 1 amide bonds. The van der Waals surface area contributed by atoms with Gasteiger partial charge in [-0.05, 0) is 76.9 Å². The Balaban J connectivity index is 1.56. The van der Waals surface area contributed by atoms with Crippen molar-refractivity contribution in [3.63, 3.8) is 0 Å². The molecule has 1 heterocycles. The van der Waals surface area contributed by atoms with Gasteiger partial charge in [0.15, 0.2) is 0 Å². The average molecular weight is 524 g/mol. The molecular formula is C28H31BrN2OS. The summed E-state index contributed by atoms with van der Waals surface area (Å²) in [5, 5.41) is 3.55. The van der Waals surface area contributed by atoms with Gasteiger partial charge in [0.05, 0.1) is 0 Å². The van der Waals surface area contributed by atoms with Gasteiger partial charge < -0.3 is 9.80 Å². The Hall–Kier alpha value is -2.21. The van der Waals surface area contributed by atoms with E-state index in [2.05, 4.69) is 89.3 Å². The predicted molar refractivity (Wildman–Crippen MR) is 145 cm³/mol. The lowest BCUT2D eigenvalue weighted by Gasteiger charge is -2.24. The fourth-order valence-electron chi connectivity index (χ4n) is 4.28. The Labute approximate surface area is 209 Å². The van der Waals surface area contributed by atoms with Gasteiger partial charge in [-0.15, -0.1) is 11.3 Å². The highest BCUT2D eigenvalue weighted by atomic mass is 79.9. The van der Waals surface area contributed by atoms with E-state index in [-0.39, 0.29) is 5.91 Å². The summed E-state index contributed by atoms with van der Waals surface area (Å²) in [5.41, 5.74) is 1.17. The third-order valence-corrected chi connectivity index (χ3v) is 8.50. The van der Waals surface area contributed by atoms with Crippen molar-refractivity contribution in [3.8, 4) is 0 Å². The molecule has 3 aromatic carbocycles. The normalized spacial score (nSPS) is 11.5. The third-order valence-electron chi connectivity index (χ3n) is 6.25. The molecule has 0 spiro atoms. The smallest absolute Gasteiger partial charge is 0.265 e. The first kappa shape index (κ1) is 23.9. The van der Waals surface area contributed by atoms with Crippen LogP contribution in [0.4, 0.5) is 0 Å². The zero-order valence-corrected chi connectivity index (χ0v) is 21.8. The van der Waals surface area contributed by atoms with Crippen LogP contribution >= 0.6 is 27.3 Å². The molecule has 0 atom stereocenters. The molecule has 0 fully saturated rings. The summed E-state index contributed by atoms with van der Waals surface area (Å²) in [6, 6.07) is 23.1. The van der Waals surface area contributed by atoms with Gasteiger partial charge >= 0.3 is 0 Å². The van der Waals surface area contributed by atoms with Crippen molar-refractivity contribution in [1.82, 2.24) is 9.80 Å². The molecule has 0 aliphatic carbocycles. The molecule has 5 heteroatoms. The number of thiophene rings is 1. The summed E-state index contributed by atoms with van der Waals surface area (Å²) in [7, 11) is 0. The zero-order valence-electron chi connectivity index (χ0n) is 19.4. The summed E-state index contributed by atoms with van der Waals surface area (Å²) in [4.78, 5) is 19.0. The molecule has 4 rings (SSSR count). The van der Waals surface area contributed by atoms with E-state index in [4.69, 9.17) is 0 Å². The summed E-state index contributed by atoms with van der Waals surface area (Å²) in [6.45, 7) is 9.02. The molecule has 4 aromatic rings. The van der Waals surface area contributed by atoms with Crippen LogP contribution in [0.3, 0.4) is 0 Å². The molecule has 1 aromatic heterocycles. The molecule has 0 aliphatic rings. The number of hydrogen-bond acceptors (Lipinski definition) is 3. The van der Waals surface area contributed by atoms with E-state index in [1.165, 1.54) is 16.3 Å². The van der Waals surface area contributed by atoms with Crippen LogP contribution in [-0.2, 0) is 6.54 Å². The summed E-state index contributed by atoms with van der Waals surface area (Å²) in [6.07, 6.45) is 2.09. The largest absolute Gasteiger partial charge is 0.334 e. The van der Waals surface area contributed by atoms with Crippen LogP contribution in [0.25, 0.3) is 20.9 Å². The minimum absolute atomic E-state index is 0.110. The predicted octanol–water partition coefficient (Wildman–Crippen LogP) is 7.58. The van der Waals surface area contributed by atoms with Crippen molar-refractivity contribution in [2.75, 3.05) is 26.2 Å². The fourth-order valence-corrected chi connectivity index (χ4v) is 6.23. The number of unbranched alkanes of at least 4 members (excludes halogenated alkanes) is 1. The minimum Gasteiger partial charge on any atom is -0.334 e. The highest BCUT2D eigenvalue weighted by molar-refractivity contribution is 9.10. The molecule has 0 saturated heterocycles. The molecule has 0 saturated carbocycles. The number of rotatable bonds is 10. The van der Waals surface area contributed by atoms with Gasteiger partial charge in [-0.1, -0.05) is 68.4 Å². The number of carbonyl (C=O) groups is 1. The number of benzene rings is 3. The summed E-state index contributed by atoms with van der Waals surface area (Å²) in [5.74, 6) is 0.110. The molecule has 3 nitrogen and oxygen atoms in total. The number of halogens is 1. The second-order valence-electron chi connectivity index (χ2n) is 8.38. The topological polar surface area (TPSA) is 23.6 Å². The van der Waals surface area contributed by atoms with Gasteiger partial charge in [-0.3, -0.25) is 4.79 Å². The quantitative estimate of drug-likeness (QED) is 0.200. The Bertz CT molecular complexity index is 1230. The van der Waals surface area contributed by atoms with E-state index >= 15 is 0 Å². The van der Waals surface area contributed by atoms with Crippen LogP contribution in [0.2, 0.25) is 0 Å². The Morgan fingerprint density at radius 3 is 2.33 bits per heavy atom. The van der Waals surface area contributed by atoms with Gasteiger partial charge in [-0.2, -0.15) is 0 Å². The van der Waals surface area contributed by atoms with Gasteiger partial charge in [0.2, 0.25) is 0 Å². The van der Waals surface area contributed by atoms with E-state index in [0.29, 0.717) is 6.54 Å². The standard InChI is InChI=1S/C28H31BrN2OS/c1-3-30(4-2)17-9-10-18-31(20-21-15-16-22-11-5-6-12-23(22)19-21)28(32)27-26(29)24-13-7-8-14-25(24)33-27/h5-8,11-16,19H,3-4,9-10,17-18,20H2,1-2H3. The SMILES string of the molecule is CCN(CC)CCCCN(Cc1ccc2ccccc2c1)C(=O)c1sc2ccccc2c1Br. The summed E-state index contributed by atoms with van der Waals surface area (Å²) >= 11 is 5.29. The second kappa shape index (κ2) is 11.3. The van der Waals surface area contributed by atoms with E-state index in [1.54, 1.807) is 11.3 Å². The Kier molecular flexibility index (Phi) is 8.18. The van der Waals surface area contributed by atoms with Crippen LogP contribution in [0.1, 0.15) is 41.9 Å². The average Bonchev–Trinajstić information content (AvgIpc) is 3.19. The van der Waals surface area contributed by atoms with E-state index in [1.807, 2.05) is 17.0 Å². The van der Waals surface area contributed by atoms with Gasteiger partial charge in [0.1, 0.15) is 4.88 Å². The Morgan fingerprint density at radius 1 is 0.879 bits per heavy atom. The highest BCUT2D eigenvalue weighted by Gasteiger charge is 2.22. The van der Waals surface area contributed by atoms with Crippen molar-refractivity contribution < 1.29 is 4.79 Å². The first-order valence-electron chi connectivity index (χ1n) is 11.8. The van der Waals surface area contributed by atoms with Crippen LogP contribution < -0.4 is 0 Å². The monoisotopic (exact) mass is 522 g/mol. The zero-order chi connectivity index (χ0) is 23.2. The molecule has 33 heavy (non-hydrogen) atoms. The third kappa shape index (κ3) is 5.65. The highest BCUT2D eigenvalue weighted by Crippen LogP contribution is 2.36. The molecule has 172 valence electrons. The van der Waals surface area contributed by atoms with Crippen molar-refractivity contribution in [2.45, 2.75) is 33.2 Å². The number of nitrogens with zero attached hydrogens (tertiary/aromatic N) is 2. The molecule has 0 radical (unpaired) electrons. The van der Waals surface area contributed by atoms with Gasteiger partial charge in [0.25, 0.3) is 5.91 Å². The van der Waals surface area contributed by atoms with E-state index in [9.17, 15) is 4.79 Å². The van der Waals surface area contributed by atoms with Crippen molar-refractivity contribution >= 4 is 54.0 Å². The van der Waals surface area contributed by atoms with Crippen molar-refractivity contribution in [2.24, 2.45) is 0 Å². The van der Waals surface area contributed by atoms with E-state index < -0.39 is 0 Å². The summed E-state index contributed by atoms with van der Waals surface area (Å²) < 4.78 is 2.06. The maximum atomic E-state index is 13.7. The van der Waals surface area contributed by atoms with Crippen LogP contribution in [0.5, 0.6) is 0 Å². The number of amides is 1. The first-order valence-corrected chi connectivity index (χ1v) is 13.4. The van der Waals surface area contributed by atoms with Crippen molar-refractivity contribution in [1.29, 1.82) is 0 Å². The molecular weight excluding hydrogens is 492 g/mol. The fraction of sp³-hybridized carbons (Fsp3) is 0.321. The minimum atomic E-state index is 0.110. The van der Waals surface area contributed by atoms with Crippen LogP contribution in [-0.4, -0.2) is 41.9 Å². The maximum absolute atomic E-state index is 13.7. The van der Waals surface area contributed by atoms with Crippen LogP contribution in [0, 0.1) is 0 Å². The molecule has 0 unspecified atom stereocenters. The molecule has 0 N–H and O–H groups in total. The van der Waals surface area contributed by atoms with Gasteiger partial charge in [0, 0.05) is 27.6 Å². The number of fused-ring (bicyclic) bond motifs is 2. The van der Waals surface area contributed by atoms with Gasteiger partial charge in [-0.25, -0.2) is 0 Å². The Morgan fingerprint density at radius 2 is 1.58 bits per heavy atom. The number of carbonyl (C=O) groups excluding carboxylic acids is 1. The second-order valence-corrected chi connectivity index (χ2v) is 10.2.